The van der Waals surface area contributed by atoms with Gasteiger partial charge in [0.25, 0.3) is 5.69 Å². The fraction of sp³-hybridized carbons (Fsp3) is 0.188. The molecule has 0 aliphatic carbocycles. The summed E-state index contributed by atoms with van der Waals surface area (Å²) in [5, 5.41) is 25.1. The summed E-state index contributed by atoms with van der Waals surface area (Å²) in [6.45, 7) is 1.62. The molecule has 25 heavy (non-hydrogen) atoms. The van der Waals surface area contributed by atoms with E-state index in [0.717, 1.165) is 0 Å². The maximum Gasteiger partial charge on any atom is 0.322 e. The van der Waals surface area contributed by atoms with Crippen molar-refractivity contribution in [2.45, 2.75) is 13.2 Å². The number of phenols is 1. The van der Waals surface area contributed by atoms with Crippen molar-refractivity contribution in [3.05, 3.63) is 52.6 Å². The minimum Gasteiger partial charge on any atom is -0.508 e. The molecule has 2 amide bonds. The van der Waals surface area contributed by atoms with E-state index in [2.05, 4.69) is 10.6 Å². The van der Waals surface area contributed by atoms with Gasteiger partial charge in [-0.15, -0.1) is 0 Å². The number of carbonyl (C=O) groups excluding carboxylic acids is 1. The molecule has 9 heteroatoms. The third-order valence-electron chi connectivity index (χ3n) is 3.13. The maximum atomic E-state index is 12.0. The van der Waals surface area contributed by atoms with Gasteiger partial charge in [0.1, 0.15) is 17.2 Å². The number of urea groups is 1. The number of benzene rings is 2. The second kappa shape index (κ2) is 7.86. The normalized spacial score (nSPS) is 11.3. The van der Waals surface area contributed by atoms with Gasteiger partial charge in [-0.25, -0.2) is 4.79 Å². The number of phenolic OH excluding ortho intramolecular Hbond substituents is 1. The molecular formula is C16H17N3O6. The van der Waals surface area contributed by atoms with Gasteiger partial charge in [-0.3, -0.25) is 10.1 Å². The fourth-order valence-electron chi connectivity index (χ4n) is 2.00. The highest BCUT2D eigenvalue weighted by atomic mass is 16.6. The molecule has 0 radical (unpaired) electrons. The van der Waals surface area contributed by atoms with E-state index < -0.39 is 17.2 Å². The second-order valence-electron chi connectivity index (χ2n) is 4.99. The number of hydrogen-bond donors (Lipinski definition) is 3. The number of methoxy groups -OCH3 is 1. The fourth-order valence-corrected chi connectivity index (χ4v) is 2.00. The summed E-state index contributed by atoms with van der Waals surface area (Å²) in [4.78, 5) is 22.2. The van der Waals surface area contributed by atoms with E-state index >= 15 is 0 Å². The van der Waals surface area contributed by atoms with Crippen molar-refractivity contribution in [1.29, 1.82) is 0 Å². The number of amides is 2. The predicted octanol–water partition coefficient (Wildman–Crippen LogP) is 2.86. The number of ether oxygens (including phenoxy) is 2. The molecule has 0 aliphatic heterocycles. The minimum absolute atomic E-state index is 0.107. The van der Waals surface area contributed by atoms with E-state index in [1.807, 2.05) is 0 Å². The van der Waals surface area contributed by atoms with Crippen molar-refractivity contribution >= 4 is 17.4 Å². The molecule has 0 saturated heterocycles. The van der Waals surface area contributed by atoms with Crippen LogP contribution in [0.5, 0.6) is 17.2 Å². The van der Waals surface area contributed by atoms with Crippen LogP contribution in [0.15, 0.2) is 42.5 Å². The van der Waals surface area contributed by atoms with Crippen LogP contribution in [0.4, 0.5) is 16.2 Å². The molecule has 0 bridgehead atoms. The third kappa shape index (κ3) is 4.99. The average molecular weight is 347 g/mol. The van der Waals surface area contributed by atoms with Gasteiger partial charge in [0, 0.05) is 6.07 Å². The summed E-state index contributed by atoms with van der Waals surface area (Å²) in [5.74, 6) is 0.742. The van der Waals surface area contributed by atoms with Gasteiger partial charge in [0.2, 0.25) is 0 Å². The summed E-state index contributed by atoms with van der Waals surface area (Å²) in [7, 11) is 1.35. The smallest absolute Gasteiger partial charge is 0.322 e. The van der Waals surface area contributed by atoms with Crippen LogP contribution in [0.2, 0.25) is 0 Å². The van der Waals surface area contributed by atoms with Gasteiger partial charge in [0.05, 0.1) is 23.8 Å². The quantitative estimate of drug-likeness (QED) is 0.419. The molecule has 0 aliphatic rings. The third-order valence-corrected chi connectivity index (χ3v) is 3.13. The number of aromatic hydroxyl groups is 1. The highest BCUT2D eigenvalue weighted by molar-refractivity contribution is 5.91. The molecule has 1 atom stereocenters. The molecule has 0 fully saturated rings. The Bertz CT molecular complexity index is 763. The van der Waals surface area contributed by atoms with Gasteiger partial charge >= 0.3 is 6.03 Å². The Labute approximate surface area is 143 Å². The van der Waals surface area contributed by atoms with Crippen LogP contribution in [0.25, 0.3) is 0 Å². The Hall–Kier alpha value is -3.49. The number of nitro groups is 1. The first-order valence-electron chi connectivity index (χ1n) is 7.24. The molecule has 2 aromatic rings. The topological polar surface area (TPSA) is 123 Å². The molecule has 0 saturated carbocycles. The number of non-ortho nitro benzene ring substituents is 1. The lowest BCUT2D eigenvalue weighted by Gasteiger charge is -2.17. The first-order valence-corrected chi connectivity index (χ1v) is 7.24. The van der Waals surface area contributed by atoms with Crippen molar-refractivity contribution < 1.29 is 24.3 Å². The second-order valence-corrected chi connectivity index (χ2v) is 4.99. The van der Waals surface area contributed by atoms with Crippen LogP contribution >= 0.6 is 0 Å². The summed E-state index contributed by atoms with van der Waals surface area (Å²) in [6.07, 6.45) is -0.659. The van der Waals surface area contributed by atoms with E-state index in [1.165, 1.54) is 37.4 Å². The lowest BCUT2D eigenvalue weighted by molar-refractivity contribution is -0.384. The zero-order valence-corrected chi connectivity index (χ0v) is 13.6. The Morgan fingerprint density at radius 2 is 1.92 bits per heavy atom. The van der Waals surface area contributed by atoms with Crippen molar-refractivity contribution in [2.24, 2.45) is 0 Å². The lowest BCUT2D eigenvalue weighted by atomic mass is 10.2. The highest BCUT2D eigenvalue weighted by Crippen LogP contribution is 2.28. The van der Waals surface area contributed by atoms with Crippen LogP contribution in [-0.4, -0.2) is 29.4 Å². The Kier molecular flexibility index (Phi) is 5.62. The van der Waals surface area contributed by atoms with Gasteiger partial charge < -0.3 is 25.2 Å². The molecule has 2 aromatic carbocycles. The zero-order valence-electron chi connectivity index (χ0n) is 13.6. The van der Waals surface area contributed by atoms with E-state index in [4.69, 9.17) is 9.47 Å². The number of nitro benzene ring substituents is 1. The number of nitrogens with zero attached hydrogens (tertiary/aromatic N) is 1. The zero-order chi connectivity index (χ0) is 18.4. The van der Waals surface area contributed by atoms with Crippen molar-refractivity contribution in [3.63, 3.8) is 0 Å². The SMILES string of the molecule is COc1cc([N+](=O)[O-])ccc1NC(=O)NC(C)Oc1ccc(O)cc1. The van der Waals surface area contributed by atoms with E-state index in [-0.39, 0.29) is 22.9 Å². The number of hydrogen-bond acceptors (Lipinski definition) is 6. The molecule has 0 heterocycles. The molecular weight excluding hydrogens is 330 g/mol. The van der Waals surface area contributed by atoms with Gasteiger partial charge in [-0.2, -0.15) is 0 Å². The first kappa shape index (κ1) is 17.9. The van der Waals surface area contributed by atoms with E-state index in [0.29, 0.717) is 5.75 Å². The van der Waals surface area contributed by atoms with Crippen molar-refractivity contribution in [2.75, 3.05) is 12.4 Å². The van der Waals surface area contributed by atoms with E-state index in [1.54, 1.807) is 19.1 Å². The summed E-state index contributed by atoms with van der Waals surface area (Å²) >= 11 is 0. The average Bonchev–Trinajstić information content (AvgIpc) is 2.56. The molecule has 132 valence electrons. The monoisotopic (exact) mass is 347 g/mol. The van der Waals surface area contributed by atoms with Crippen LogP contribution in [0, 0.1) is 10.1 Å². The maximum absolute atomic E-state index is 12.0. The number of nitrogens with one attached hydrogen (secondary N) is 2. The van der Waals surface area contributed by atoms with Crippen LogP contribution in [0.3, 0.4) is 0 Å². The van der Waals surface area contributed by atoms with Crippen LogP contribution in [-0.2, 0) is 0 Å². The number of anilines is 1. The first-order chi connectivity index (χ1) is 11.9. The van der Waals surface area contributed by atoms with Crippen LogP contribution in [0.1, 0.15) is 6.92 Å². The van der Waals surface area contributed by atoms with Crippen molar-refractivity contribution in [1.82, 2.24) is 5.32 Å². The van der Waals surface area contributed by atoms with Crippen LogP contribution < -0.4 is 20.1 Å². The molecule has 9 nitrogen and oxygen atoms in total. The number of rotatable bonds is 6. The minimum atomic E-state index is -0.659. The lowest BCUT2D eigenvalue weighted by Crippen LogP contribution is -2.39. The molecule has 3 N–H and O–H groups in total. The van der Waals surface area contributed by atoms with Crippen molar-refractivity contribution in [3.8, 4) is 17.2 Å². The standard InChI is InChI=1S/C16H17N3O6/c1-10(25-13-6-4-12(20)5-7-13)17-16(21)18-14-8-3-11(19(22)23)9-15(14)24-2/h3-10,20H,1-2H3,(H2,17,18,21). The predicted molar refractivity (Wildman–Crippen MR) is 90.0 cm³/mol. The Balaban J connectivity index is 1.97. The van der Waals surface area contributed by atoms with Gasteiger partial charge in [0.15, 0.2) is 6.23 Å². The Morgan fingerprint density at radius 1 is 1.24 bits per heavy atom. The molecule has 1 unspecified atom stereocenters. The number of carbonyl (C=O) groups is 1. The largest absolute Gasteiger partial charge is 0.508 e. The van der Waals surface area contributed by atoms with Gasteiger partial charge in [-0.1, -0.05) is 0 Å². The van der Waals surface area contributed by atoms with E-state index in [9.17, 15) is 20.0 Å². The summed E-state index contributed by atoms with van der Waals surface area (Å²) in [6, 6.07) is 9.32. The highest BCUT2D eigenvalue weighted by Gasteiger charge is 2.15. The Morgan fingerprint density at radius 3 is 2.52 bits per heavy atom. The van der Waals surface area contributed by atoms with Gasteiger partial charge in [-0.05, 0) is 37.3 Å². The molecule has 2 rings (SSSR count). The summed E-state index contributed by atoms with van der Waals surface area (Å²) in [5.41, 5.74) is 0.134. The molecule has 0 aromatic heterocycles. The molecule has 0 spiro atoms. The summed E-state index contributed by atoms with van der Waals surface area (Å²) < 4.78 is 10.5.